The van der Waals surface area contributed by atoms with E-state index in [4.69, 9.17) is 19.0 Å². The maximum atomic E-state index is 11.4. The molecule has 2 aromatic rings. The van der Waals surface area contributed by atoms with Crippen molar-refractivity contribution >= 4 is 11.0 Å². The molecule has 3 rings (SSSR count). The predicted octanol–water partition coefficient (Wildman–Crippen LogP) is 0.309. The Bertz CT molecular complexity index is 754. The van der Waals surface area contributed by atoms with Crippen LogP contribution < -0.4 is 10.4 Å². The Labute approximate surface area is 131 Å². The van der Waals surface area contributed by atoms with E-state index in [0.717, 1.165) is 10.9 Å². The van der Waals surface area contributed by atoms with Crippen molar-refractivity contribution in [3.05, 3.63) is 40.2 Å². The molecule has 23 heavy (non-hydrogen) atoms. The summed E-state index contributed by atoms with van der Waals surface area (Å²) in [4.78, 5) is 11.4. The van der Waals surface area contributed by atoms with Crippen molar-refractivity contribution < 1.29 is 29.2 Å². The van der Waals surface area contributed by atoms with Gasteiger partial charge in [-0.05, 0) is 24.6 Å². The molecule has 7 nitrogen and oxygen atoms in total. The van der Waals surface area contributed by atoms with Crippen LogP contribution in [0.3, 0.4) is 0 Å². The Morgan fingerprint density at radius 3 is 2.83 bits per heavy atom. The topological polar surface area (TPSA) is 109 Å². The van der Waals surface area contributed by atoms with Gasteiger partial charge in [0, 0.05) is 23.9 Å². The highest BCUT2D eigenvalue weighted by atomic mass is 16.7. The van der Waals surface area contributed by atoms with Crippen molar-refractivity contribution in [3.63, 3.8) is 0 Å². The van der Waals surface area contributed by atoms with Gasteiger partial charge in [-0.2, -0.15) is 0 Å². The molecule has 1 saturated heterocycles. The Hall–Kier alpha value is -1.93. The molecular formula is C16H18O7. The maximum absolute atomic E-state index is 11.4. The highest BCUT2D eigenvalue weighted by Gasteiger charge is 2.37. The molecule has 1 aromatic heterocycles. The summed E-state index contributed by atoms with van der Waals surface area (Å²) in [6, 6.07) is 6.44. The molecule has 1 fully saturated rings. The molecule has 2 heterocycles. The lowest BCUT2D eigenvalue weighted by Gasteiger charge is -2.36. The van der Waals surface area contributed by atoms with Crippen LogP contribution in [-0.2, 0) is 4.74 Å². The minimum absolute atomic E-state index is 0.0630. The number of hydrogen-bond acceptors (Lipinski definition) is 7. The van der Waals surface area contributed by atoms with E-state index in [2.05, 4.69) is 0 Å². The minimum Gasteiger partial charge on any atom is -0.465 e. The van der Waals surface area contributed by atoms with Crippen LogP contribution in [0.2, 0.25) is 0 Å². The van der Waals surface area contributed by atoms with Crippen molar-refractivity contribution in [1.82, 2.24) is 0 Å². The van der Waals surface area contributed by atoms with Crippen LogP contribution in [0.1, 0.15) is 12.0 Å². The number of benzene rings is 1. The lowest BCUT2D eigenvalue weighted by molar-refractivity contribution is -0.229. The molecule has 0 bridgehead atoms. The summed E-state index contributed by atoms with van der Waals surface area (Å²) in [5.41, 5.74) is 0.748. The normalized spacial score (nSPS) is 28.0. The van der Waals surface area contributed by atoms with Crippen molar-refractivity contribution in [1.29, 1.82) is 0 Å². The number of aliphatic hydroxyl groups is 3. The second-order valence-corrected chi connectivity index (χ2v) is 5.60. The standard InChI is InChI=1S/C16H18O7/c1-8-4-14(19)22-12-5-9(2-3-10(8)12)21-15-6-11(18)16(20)13(7-17)23-15/h2-5,11,13,15-18,20H,6-7H2,1H3/t11-,13-,15-,16+/m1/s1. The lowest BCUT2D eigenvalue weighted by atomic mass is 10.0. The fourth-order valence-corrected chi connectivity index (χ4v) is 2.67. The summed E-state index contributed by atoms with van der Waals surface area (Å²) in [7, 11) is 0. The highest BCUT2D eigenvalue weighted by molar-refractivity contribution is 5.81. The summed E-state index contributed by atoms with van der Waals surface area (Å²) in [6.45, 7) is 1.39. The van der Waals surface area contributed by atoms with E-state index in [9.17, 15) is 15.0 Å². The number of fused-ring (bicyclic) bond motifs is 1. The fourth-order valence-electron chi connectivity index (χ4n) is 2.67. The third-order valence-electron chi connectivity index (χ3n) is 3.91. The predicted molar refractivity (Wildman–Crippen MR) is 80.2 cm³/mol. The molecule has 0 spiro atoms. The molecule has 7 heteroatoms. The molecular weight excluding hydrogens is 304 g/mol. The van der Waals surface area contributed by atoms with E-state index in [0.29, 0.717) is 11.3 Å². The van der Waals surface area contributed by atoms with Crippen LogP contribution in [0.5, 0.6) is 5.75 Å². The van der Waals surface area contributed by atoms with E-state index in [1.165, 1.54) is 6.07 Å². The van der Waals surface area contributed by atoms with E-state index in [1.54, 1.807) is 18.2 Å². The molecule has 3 N–H and O–H groups in total. The van der Waals surface area contributed by atoms with Crippen molar-refractivity contribution in [2.75, 3.05) is 6.61 Å². The fraction of sp³-hybridized carbons (Fsp3) is 0.438. The smallest absolute Gasteiger partial charge is 0.336 e. The lowest BCUT2D eigenvalue weighted by Crippen LogP contribution is -2.51. The number of hydrogen-bond donors (Lipinski definition) is 3. The SMILES string of the molecule is Cc1cc(=O)oc2cc(O[C@H]3C[C@@H](O)[C@H](O)[C@@H](CO)O3)ccc12. The Kier molecular flexibility index (Phi) is 4.36. The number of aliphatic hydroxyl groups excluding tert-OH is 3. The maximum Gasteiger partial charge on any atom is 0.336 e. The number of rotatable bonds is 3. The van der Waals surface area contributed by atoms with Crippen LogP contribution in [0, 0.1) is 6.92 Å². The van der Waals surface area contributed by atoms with E-state index in [-0.39, 0.29) is 6.42 Å². The summed E-state index contributed by atoms with van der Waals surface area (Å²) in [5, 5.41) is 29.4. The molecule has 0 aliphatic carbocycles. The second kappa shape index (κ2) is 6.29. The molecule has 4 atom stereocenters. The average Bonchev–Trinajstić information content (AvgIpc) is 2.50. The van der Waals surface area contributed by atoms with Gasteiger partial charge in [-0.25, -0.2) is 4.79 Å². The second-order valence-electron chi connectivity index (χ2n) is 5.60. The Morgan fingerprint density at radius 2 is 2.09 bits per heavy atom. The minimum atomic E-state index is -1.16. The first-order valence-electron chi connectivity index (χ1n) is 7.31. The molecule has 0 unspecified atom stereocenters. The van der Waals surface area contributed by atoms with Crippen molar-refractivity contribution in [2.24, 2.45) is 0 Å². The van der Waals surface area contributed by atoms with Crippen LogP contribution in [0.15, 0.2) is 33.5 Å². The van der Waals surface area contributed by atoms with Crippen LogP contribution >= 0.6 is 0 Å². The van der Waals surface area contributed by atoms with Crippen molar-refractivity contribution in [2.45, 2.75) is 37.9 Å². The quantitative estimate of drug-likeness (QED) is 0.698. The van der Waals surface area contributed by atoms with Gasteiger partial charge in [-0.1, -0.05) is 0 Å². The van der Waals surface area contributed by atoms with Crippen LogP contribution in [0.4, 0.5) is 0 Å². The first-order chi connectivity index (χ1) is 11.0. The molecule has 0 amide bonds. The van der Waals surface area contributed by atoms with Gasteiger partial charge in [0.05, 0.1) is 12.7 Å². The molecule has 1 aromatic carbocycles. The van der Waals surface area contributed by atoms with Crippen LogP contribution in [0.25, 0.3) is 11.0 Å². The zero-order chi connectivity index (χ0) is 16.6. The molecule has 1 aliphatic rings. The van der Waals surface area contributed by atoms with E-state index >= 15 is 0 Å². The monoisotopic (exact) mass is 322 g/mol. The van der Waals surface area contributed by atoms with Gasteiger partial charge in [0.2, 0.25) is 6.29 Å². The third-order valence-corrected chi connectivity index (χ3v) is 3.91. The summed E-state index contributed by atoms with van der Waals surface area (Å²) >= 11 is 0. The largest absolute Gasteiger partial charge is 0.465 e. The van der Waals surface area contributed by atoms with Gasteiger partial charge in [-0.3, -0.25) is 0 Å². The van der Waals surface area contributed by atoms with Crippen molar-refractivity contribution in [3.8, 4) is 5.75 Å². The van der Waals surface area contributed by atoms with Gasteiger partial charge < -0.3 is 29.2 Å². The van der Waals surface area contributed by atoms with Gasteiger partial charge in [0.1, 0.15) is 23.5 Å². The zero-order valence-corrected chi connectivity index (χ0v) is 12.5. The molecule has 124 valence electrons. The molecule has 0 radical (unpaired) electrons. The number of ether oxygens (including phenoxy) is 2. The highest BCUT2D eigenvalue weighted by Crippen LogP contribution is 2.26. The number of aryl methyl sites for hydroxylation is 1. The molecule has 0 saturated carbocycles. The van der Waals surface area contributed by atoms with Gasteiger partial charge >= 0.3 is 5.63 Å². The first-order valence-corrected chi connectivity index (χ1v) is 7.31. The first kappa shape index (κ1) is 15.9. The Morgan fingerprint density at radius 1 is 1.30 bits per heavy atom. The Balaban J connectivity index is 1.83. The summed E-state index contributed by atoms with van der Waals surface area (Å²) < 4.78 is 16.2. The summed E-state index contributed by atoms with van der Waals surface area (Å²) in [5.74, 6) is 0.400. The van der Waals surface area contributed by atoms with Gasteiger partial charge in [0.15, 0.2) is 0 Å². The van der Waals surface area contributed by atoms with E-state index in [1.807, 2.05) is 6.92 Å². The van der Waals surface area contributed by atoms with E-state index < -0.39 is 36.8 Å². The zero-order valence-electron chi connectivity index (χ0n) is 12.5. The van der Waals surface area contributed by atoms with Gasteiger partial charge in [-0.15, -0.1) is 0 Å². The summed E-state index contributed by atoms with van der Waals surface area (Å²) in [6.07, 6.45) is -3.87. The average molecular weight is 322 g/mol. The molecule has 1 aliphatic heterocycles. The van der Waals surface area contributed by atoms with Crippen LogP contribution in [-0.4, -0.2) is 46.5 Å². The third kappa shape index (κ3) is 3.23. The van der Waals surface area contributed by atoms with Gasteiger partial charge in [0.25, 0.3) is 0 Å².